The van der Waals surface area contributed by atoms with Gasteiger partial charge in [-0.3, -0.25) is 4.90 Å². The van der Waals surface area contributed by atoms with Crippen molar-refractivity contribution in [2.24, 2.45) is 4.99 Å². The highest BCUT2D eigenvalue weighted by molar-refractivity contribution is 14.0. The monoisotopic (exact) mass is 479 g/mol. The molecule has 0 aliphatic carbocycles. The number of guanidine groups is 1. The summed E-state index contributed by atoms with van der Waals surface area (Å²) < 4.78 is 5.46. The Morgan fingerprint density at radius 1 is 1.36 bits per heavy atom. The molecule has 1 atom stereocenters. The van der Waals surface area contributed by atoms with Crippen molar-refractivity contribution in [3.63, 3.8) is 0 Å². The normalized spacial score (nSPS) is 21.9. The molecule has 8 heteroatoms. The molecule has 0 saturated carbocycles. The fourth-order valence-electron chi connectivity index (χ4n) is 3.27. The second-order valence-corrected chi connectivity index (χ2v) is 6.58. The van der Waals surface area contributed by atoms with Gasteiger partial charge in [0.05, 0.1) is 19.8 Å². The Bertz CT molecular complexity index is 550. The van der Waals surface area contributed by atoms with Crippen molar-refractivity contribution in [1.29, 1.82) is 0 Å². The van der Waals surface area contributed by atoms with Crippen molar-refractivity contribution in [1.82, 2.24) is 20.1 Å². The van der Waals surface area contributed by atoms with Crippen LogP contribution in [0.4, 0.5) is 0 Å². The van der Waals surface area contributed by atoms with Gasteiger partial charge >= 0.3 is 0 Å². The van der Waals surface area contributed by atoms with Crippen molar-refractivity contribution in [3.05, 3.63) is 29.0 Å². The zero-order valence-corrected chi connectivity index (χ0v) is 17.7. The van der Waals surface area contributed by atoms with E-state index in [2.05, 4.69) is 27.0 Å². The first-order chi connectivity index (χ1) is 11.8. The van der Waals surface area contributed by atoms with Crippen LogP contribution < -0.4 is 5.32 Å². The lowest BCUT2D eigenvalue weighted by atomic mass is 10.2. The Morgan fingerprint density at radius 3 is 2.84 bits per heavy atom. The number of nitrogens with one attached hydrogen (secondary N) is 1. The van der Waals surface area contributed by atoms with Crippen molar-refractivity contribution in [2.75, 3.05) is 45.9 Å². The first-order valence-electron chi connectivity index (χ1n) is 8.71. The molecule has 0 spiro atoms. The largest absolute Gasteiger partial charge is 0.379 e. The topological polar surface area (TPSA) is 53.0 Å². The van der Waals surface area contributed by atoms with Crippen molar-refractivity contribution >= 4 is 41.5 Å². The SMILES string of the molecule is CCNC(=NCc1ccc(Cl)nc1)N1CCC(N2CCOCC2)C1.I. The van der Waals surface area contributed by atoms with Gasteiger partial charge in [-0.1, -0.05) is 17.7 Å². The fraction of sp³-hybridized carbons (Fsp3) is 0.647. The van der Waals surface area contributed by atoms with Crippen LogP contribution in [0.5, 0.6) is 0 Å². The van der Waals surface area contributed by atoms with Gasteiger partial charge in [-0.2, -0.15) is 0 Å². The van der Waals surface area contributed by atoms with Crippen molar-refractivity contribution in [3.8, 4) is 0 Å². The van der Waals surface area contributed by atoms with E-state index in [-0.39, 0.29) is 24.0 Å². The van der Waals surface area contributed by atoms with Gasteiger partial charge in [-0.05, 0) is 25.0 Å². The quantitative estimate of drug-likeness (QED) is 0.311. The predicted molar refractivity (Wildman–Crippen MR) is 112 cm³/mol. The van der Waals surface area contributed by atoms with E-state index in [0.29, 0.717) is 17.7 Å². The van der Waals surface area contributed by atoms with E-state index in [1.165, 1.54) is 6.42 Å². The zero-order valence-electron chi connectivity index (χ0n) is 14.7. The zero-order chi connectivity index (χ0) is 16.8. The lowest BCUT2D eigenvalue weighted by Crippen LogP contribution is -2.46. The van der Waals surface area contributed by atoms with Gasteiger partial charge in [0.15, 0.2) is 5.96 Å². The number of pyridine rings is 1. The number of nitrogens with zero attached hydrogens (tertiary/aromatic N) is 4. The van der Waals surface area contributed by atoms with E-state index >= 15 is 0 Å². The van der Waals surface area contributed by atoms with E-state index in [1.54, 1.807) is 6.20 Å². The molecule has 2 fully saturated rings. The van der Waals surface area contributed by atoms with Gasteiger partial charge in [0.1, 0.15) is 5.15 Å². The molecule has 1 unspecified atom stereocenters. The van der Waals surface area contributed by atoms with Crippen LogP contribution in [0.2, 0.25) is 5.15 Å². The first-order valence-corrected chi connectivity index (χ1v) is 9.09. The Kier molecular flexibility index (Phi) is 8.68. The smallest absolute Gasteiger partial charge is 0.194 e. The summed E-state index contributed by atoms with van der Waals surface area (Å²) in [6.07, 6.45) is 2.98. The van der Waals surface area contributed by atoms with Gasteiger partial charge in [-0.15, -0.1) is 24.0 Å². The summed E-state index contributed by atoms with van der Waals surface area (Å²) in [5.74, 6) is 0.989. The van der Waals surface area contributed by atoms with Crippen LogP contribution in [0.1, 0.15) is 18.9 Å². The molecule has 25 heavy (non-hydrogen) atoms. The summed E-state index contributed by atoms with van der Waals surface area (Å²) in [5, 5.41) is 3.93. The highest BCUT2D eigenvalue weighted by Crippen LogP contribution is 2.17. The number of likely N-dealkylation sites (tertiary alicyclic amines) is 1. The van der Waals surface area contributed by atoms with Gasteiger partial charge in [0.25, 0.3) is 0 Å². The van der Waals surface area contributed by atoms with E-state index in [9.17, 15) is 0 Å². The average Bonchev–Trinajstić information content (AvgIpc) is 3.11. The molecule has 0 amide bonds. The third kappa shape index (κ3) is 5.94. The molecule has 140 valence electrons. The van der Waals surface area contributed by atoms with Crippen LogP contribution in [0.25, 0.3) is 0 Å². The molecule has 2 aliphatic heterocycles. The van der Waals surface area contributed by atoms with Crippen LogP contribution >= 0.6 is 35.6 Å². The van der Waals surface area contributed by atoms with Crippen molar-refractivity contribution in [2.45, 2.75) is 25.9 Å². The summed E-state index contributed by atoms with van der Waals surface area (Å²) in [7, 11) is 0. The molecule has 2 aliphatic rings. The van der Waals surface area contributed by atoms with Gasteiger partial charge in [-0.25, -0.2) is 9.98 Å². The molecule has 0 aromatic carbocycles. The standard InChI is InChI=1S/C17H26ClN5O.HI/c1-2-19-17(21-12-14-3-4-16(18)20-11-14)23-6-5-15(13-23)22-7-9-24-10-8-22;/h3-4,11,15H,2,5-10,12-13H2,1H3,(H,19,21);1H. The molecular weight excluding hydrogens is 453 g/mol. The second-order valence-electron chi connectivity index (χ2n) is 6.20. The predicted octanol–water partition coefficient (Wildman–Crippen LogP) is 2.23. The number of halogens is 2. The van der Waals surface area contributed by atoms with Crippen LogP contribution in [-0.2, 0) is 11.3 Å². The average molecular weight is 480 g/mol. The third-order valence-corrected chi connectivity index (χ3v) is 4.78. The number of aliphatic imine (C=N–C) groups is 1. The molecular formula is C17H27ClIN5O. The minimum Gasteiger partial charge on any atom is -0.379 e. The van der Waals surface area contributed by atoms with E-state index < -0.39 is 0 Å². The van der Waals surface area contributed by atoms with Crippen LogP contribution in [-0.4, -0.2) is 72.7 Å². The summed E-state index contributed by atoms with van der Waals surface area (Å²) in [6, 6.07) is 4.39. The lowest BCUT2D eigenvalue weighted by Gasteiger charge is -2.32. The molecule has 6 nitrogen and oxygen atoms in total. The van der Waals surface area contributed by atoms with Crippen LogP contribution in [0.15, 0.2) is 23.3 Å². The minimum atomic E-state index is 0. The molecule has 1 aromatic heterocycles. The number of morpholine rings is 1. The molecule has 3 rings (SSSR count). The Hall–Kier alpha value is -0.640. The first kappa shape index (κ1) is 20.7. The number of rotatable bonds is 4. The third-order valence-electron chi connectivity index (χ3n) is 4.56. The molecule has 1 aromatic rings. The number of hydrogen-bond acceptors (Lipinski definition) is 4. The minimum absolute atomic E-state index is 0. The fourth-order valence-corrected chi connectivity index (χ4v) is 3.38. The maximum Gasteiger partial charge on any atom is 0.194 e. The van der Waals surface area contributed by atoms with Crippen LogP contribution in [0.3, 0.4) is 0 Å². The van der Waals surface area contributed by atoms with Gasteiger partial charge < -0.3 is 15.0 Å². The number of hydrogen-bond donors (Lipinski definition) is 1. The van der Waals surface area contributed by atoms with Crippen molar-refractivity contribution < 1.29 is 4.74 Å². The summed E-state index contributed by atoms with van der Waals surface area (Å²) in [4.78, 5) is 13.8. The number of aromatic nitrogens is 1. The Labute approximate surface area is 172 Å². The Balaban J connectivity index is 0.00000225. The highest BCUT2D eigenvalue weighted by atomic mass is 127. The molecule has 1 N–H and O–H groups in total. The molecule has 0 bridgehead atoms. The second kappa shape index (κ2) is 10.5. The Morgan fingerprint density at radius 2 is 2.16 bits per heavy atom. The molecule has 3 heterocycles. The summed E-state index contributed by atoms with van der Waals surface area (Å²) >= 11 is 5.84. The molecule has 0 radical (unpaired) electrons. The highest BCUT2D eigenvalue weighted by Gasteiger charge is 2.30. The maximum absolute atomic E-state index is 5.84. The lowest BCUT2D eigenvalue weighted by molar-refractivity contribution is 0.0195. The molecule has 2 saturated heterocycles. The summed E-state index contributed by atoms with van der Waals surface area (Å²) in [5.41, 5.74) is 1.07. The van der Waals surface area contributed by atoms with E-state index in [1.807, 2.05) is 12.1 Å². The van der Waals surface area contributed by atoms with E-state index in [4.69, 9.17) is 21.3 Å². The van der Waals surface area contributed by atoms with Crippen LogP contribution in [0, 0.1) is 0 Å². The van der Waals surface area contributed by atoms with Gasteiger partial charge in [0, 0.05) is 45.0 Å². The number of ether oxygens (including phenoxy) is 1. The summed E-state index contributed by atoms with van der Waals surface area (Å²) in [6.45, 7) is 9.47. The maximum atomic E-state index is 5.84. The van der Waals surface area contributed by atoms with E-state index in [0.717, 1.165) is 57.5 Å². The van der Waals surface area contributed by atoms with Gasteiger partial charge in [0.2, 0.25) is 0 Å².